The molecule has 0 aliphatic heterocycles. The van der Waals surface area contributed by atoms with Crippen molar-refractivity contribution >= 4 is 27.7 Å². The smallest absolute Gasteiger partial charge is 0.239 e. The Balaban J connectivity index is 2.39. The van der Waals surface area contributed by atoms with Crippen molar-refractivity contribution in [3.8, 4) is 0 Å². The highest BCUT2D eigenvalue weighted by Gasteiger charge is 2.10. The zero-order valence-electron chi connectivity index (χ0n) is 10.8. The summed E-state index contributed by atoms with van der Waals surface area (Å²) in [5.41, 5.74) is 6.26. The van der Waals surface area contributed by atoms with Crippen molar-refractivity contribution < 1.29 is 9.59 Å². The van der Waals surface area contributed by atoms with Gasteiger partial charge in [-0.2, -0.15) is 0 Å². The molecule has 0 spiro atoms. The van der Waals surface area contributed by atoms with E-state index < -0.39 is 0 Å². The van der Waals surface area contributed by atoms with Crippen LogP contribution in [0.2, 0.25) is 0 Å². The van der Waals surface area contributed by atoms with Crippen LogP contribution in [0.1, 0.15) is 12.5 Å². The van der Waals surface area contributed by atoms with Gasteiger partial charge in [0.25, 0.3) is 0 Å². The van der Waals surface area contributed by atoms with Gasteiger partial charge in [-0.1, -0.05) is 34.1 Å². The lowest BCUT2D eigenvalue weighted by atomic mass is 10.1. The average molecular weight is 328 g/mol. The van der Waals surface area contributed by atoms with Gasteiger partial charge in [-0.15, -0.1) is 0 Å². The zero-order valence-corrected chi connectivity index (χ0v) is 12.4. The van der Waals surface area contributed by atoms with Crippen LogP contribution in [0, 0.1) is 0 Å². The van der Waals surface area contributed by atoms with E-state index in [0.29, 0.717) is 0 Å². The molecule has 0 aromatic heterocycles. The molecule has 0 bridgehead atoms. The summed E-state index contributed by atoms with van der Waals surface area (Å²) in [4.78, 5) is 22.5. The van der Waals surface area contributed by atoms with Gasteiger partial charge in [-0.05, 0) is 25.0 Å². The number of hydrogen-bond donors (Lipinski definition) is 3. The lowest BCUT2D eigenvalue weighted by Gasteiger charge is -2.15. The highest BCUT2D eigenvalue weighted by Crippen LogP contribution is 2.17. The topological polar surface area (TPSA) is 84.2 Å². The third kappa shape index (κ3) is 5.85. The lowest BCUT2D eigenvalue weighted by molar-refractivity contribution is -0.125. The molecule has 0 heterocycles. The fraction of sp³-hybridized carbons (Fsp3) is 0.385. The minimum Gasteiger partial charge on any atom is -0.352 e. The minimum atomic E-state index is -0.339. The molecular formula is C13H18BrN3O2. The number of hydrogen-bond acceptors (Lipinski definition) is 3. The molecule has 19 heavy (non-hydrogen) atoms. The summed E-state index contributed by atoms with van der Waals surface area (Å²) in [7, 11) is 0. The second-order valence-electron chi connectivity index (χ2n) is 4.24. The molecule has 0 radical (unpaired) electrons. The Morgan fingerprint density at radius 1 is 1.32 bits per heavy atom. The van der Waals surface area contributed by atoms with Crippen LogP contribution in [-0.4, -0.2) is 30.9 Å². The number of amides is 2. The molecule has 1 rings (SSSR count). The van der Waals surface area contributed by atoms with Crippen molar-refractivity contribution in [3.05, 3.63) is 34.3 Å². The second-order valence-corrected chi connectivity index (χ2v) is 5.10. The Morgan fingerprint density at radius 2 is 2.00 bits per heavy atom. The van der Waals surface area contributed by atoms with Gasteiger partial charge in [0.2, 0.25) is 11.8 Å². The summed E-state index contributed by atoms with van der Waals surface area (Å²) in [5.74, 6) is -0.560. The van der Waals surface area contributed by atoms with E-state index in [9.17, 15) is 9.59 Å². The first-order chi connectivity index (χ1) is 9.02. The fourth-order valence-corrected chi connectivity index (χ4v) is 2.07. The number of benzene rings is 1. The van der Waals surface area contributed by atoms with E-state index in [0.717, 1.165) is 16.5 Å². The van der Waals surface area contributed by atoms with Gasteiger partial charge in [0.1, 0.15) is 0 Å². The Kier molecular flexibility index (Phi) is 6.52. The summed E-state index contributed by atoms with van der Waals surface area (Å²) >= 11 is 3.47. The SMILES string of the molecule is CC(Cc1ccccc1Br)NC(=O)CNC(=O)CN. The predicted octanol–water partition coefficient (Wildman–Crippen LogP) is 0.571. The number of halogens is 1. The van der Waals surface area contributed by atoms with E-state index in [4.69, 9.17) is 5.73 Å². The Labute approximate surface area is 121 Å². The van der Waals surface area contributed by atoms with Gasteiger partial charge in [0, 0.05) is 10.5 Å². The molecule has 1 aromatic rings. The summed E-state index contributed by atoms with van der Waals surface area (Å²) < 4.78 is 1.02. The Morgan fingerprint density at radius 3 is 2.63 bits per heavy atom. The van der Waals surface area contributed by atoms with Crippen LogP contribution in [0.25, 0.3) is 0 Å². The van der Waals surface area contributed by atoms with Gasteiger partial charge in [0.05, 0.1) is 13.1 Å². The fourth-order valence-electron chi connectivity index (χ4n) is 1.62. The van der Waals surface area contributed by atoms with E-state index in [2.05, 4.69) is 26.6 Å². The van der Waals surface area contributed by atoms with Crippen molar-refractivity contribution in [2.45, 2.75) is 19.4 Å². The van der Waals surface area contributed by atoms with E-state index >= 15 is 0 Å². The number of nitrogens with two attached hydrogens (primary N) is 1. The molecule has 0 fully saturated rings. The van der Waals surface area contributed by atoms with Gasteiger partial charge in [-0.3, -0.25) is 9.59 Å². The summed E-state index contributed by atoms with van der Waals surface area (Å²) in [6.45, 7) is 1.76. The van der Waals surface area contributed by atoms with E-state index in [1.807, 2.05) is 31.2 Å². The first-order valence-electron chi connectivity index (χ1n) is 6.02. The lowest BCUT2D eigenvalue weighted by Crippen LogP contribution is -2.43. The number of carbonyl (C=O) groups excluding carboxylic acids is 2. The quantitative estimate of drug-likeness (QED) is 0.714. The molecule has 104 valence electrons. The van der Waals surface area contributed by atoms with Crippen LogP contribution in [0.15, 0.2) is 28.7 Å². The largest absolute Gasteiger partial charge is 0.352 e. The molecule has 0 saturated heterocycles. The highest BCUT2D eigenvalue weighted by molar-refractivity contribution is 9.10. The highest BCUT2D eigenvalue weighted by atomic mass is 79.9. The molecule has 1 aromatic carbocycles. The minimum absolute atomic E-state index is 0.0130. The third-order valence-corrected chi connectivity index (χ3v) is 3.30. The normalized spacial score (nSPS) is 11.7. The van der Waals surface area contributed by atoms with E-state index in [1.165, 1.54) is 0 Å². The number of carbonyl (C=O) groups is 2. The molecular weight excluding hydrogens is 310 g/mol. The number of nitrogens with one attached hydrogen (secondary N) is 2. The van der Waals surface area contributed by atoms with Gasteiger partial charge in [-0.25, -0.2) is 0 Å². The molecule has 0 aliphatic carbocycles. The van der Waals surface area contributed by atoms with Gasteiger partial charge >= 0.3 is 0 Å². The van der Waals surface area contributed by atoms with Gasteiger partial charge in [0.15, 0.2) is 0 Å². The molecule has 5 nitrogen and oxygen atoms in total. The van der Waals surface area contributed by atoms with Crippen LogP contribution in [0.4, 0.5) is 0 Å². The molecule has 2 amide bonds. The predicted molar refractivity (Wildman–Crippen MR) is 77.5 cm³/mol. The third-order valence-electron chi connectivity index (χ3n) is 2.52. The molecule has 0 saturated carbocycles. The number of rotatable bonds is 6. The maximum absolute atomic E-state index is 11.6. The summed E-state index contributed by atoms with van der Waals surface area (Å²) in [5, 5.41) is 5.25. The van der Waals surface area contributed by atoms with Crippen LogP contribution in [0.3, 0.4) is 0 Å². The van der Waals surface area contributed by atoms with Crippen LogP contribution >= 0.6 is 15.9 Å². The Hall–Kier alpha value is -1.40. The van der Waals surface area contributed by atoms with E-state index in [-0.39, 0.29) is 30.9 Å². The first-order valence-corrected chi connectivity index (χ1v) is 6.81. The monoisotopic (exact) mass is 327 g/mol. The van der Waals surface area contributed by atoms with Crippen molar-refractivity contribution in [1.29, 1.82) is 0 Å². The van der Waals surface area contributed by atoms with Crippen molar-refractivity contribution in [3.63, 3.8) is 0 Å². The van der Waals surface area contributed by atoms with Crippen molar-refractivity contribution in [2.75, 3.05) is 13.1 Å². The zero-order chi connectivity index (χ0) is 14.3. The van der Waals surface area contributed by atoms with Gasteiger partial charge < -0.3 is 16.4 Å². The summed E-state index contributed by atoms with van der Waals surface area (Å²) in [6, 6.07) is 7.85. The molecule has 6 heteroatoms. The standard InChI is InChI=1S/C13H18BrN3O2/c1-9(6-10-4-2-3-5-11(10)14)17-13(19)8-16-12(18)7-15/h2-5,9H,6-8,15H2,1H3,(H,16,18)(H,17,19). The van der Waals surface area contributed by atoms with Crippen LogP contribution in [-0.2, 0) is 16.0 Å². The molecule has 1 unspecified atom stereocenters. The average Bonchev–Trinajstić information content (AvgIpc) is 2.38. The molecule has 4 N–H and O–H groups in total. The summed E-state index contributed by atoms with van der Waals surface area (Å²) in [6.07, 6.45) is 0.720. The maximum atomic E-state index is 11.6. The van der Waals surface area contributed by atoms with Crippen LogP contribution in [0.5, 0.6) is 0 Å². The van der Waals surface area contributed by atoms with Crippen molar-refractivity contribution in [2.24, 2.45) is 5.73 Å². The van der Waals surface area contributed by atoms with Crippen molar-refractivity contribution in [1.82, 2.24) is 10.6 Å². The second kappa shape index (κ2) is 7.91. The molecule has 1 atom stereocenters. The maximum Gasteiger partial charge on any atom is 0.239 e. The van der Waals surface area contributed by atoms with E-state index in [1.54, 1.807) is 0 Å². The first kappa shape index (κ1) is 15.7. The van der Waals surface area contributed by atoms with Crippen LogP contribution < -0.4 is 16.4 Å². The molecule has 0 aliphatic rings. The Bertz CT molecular complexity index is 451.